The molecule has 2 aromatic rings. The molecule has 0 radical (unpaired) electrons. The number of carbonyl (C=O) groups excluding carboxylic acids is 1. The second-order valence-electron chi connectivity index (χ2n) is 4.34. The minimum Gasteiger partial charge on any atom is -0.461 e. The largest absolute Gasteiger partial charge is 0.461 e. The third-order valence-corrected chi connectivity index (χ3v) is 2.63. The van der Waals surface area contributed by atoms with E-state index in [1.807, 2.05) is 31.1 Å². The quantitative estimate of drug-likeness (QED) is 0.837. The van der Waals surface area contributed by atoms with Crippen molar-refractivity contribution in [3.63, 3.8) is 0 Å². The summed E-state index contributed by atoms with van der Waals surface area (Å²) in [6.45, 7) is 2.83. The molecule has 0 unspecified atom stereocenters. The fourth-order valence-corrected chi connectivity index (χ4v) is 1.93. The molecule has 0 bridgehead atoms. The van der Waals surface area contributed by atoms with Gasteiger partial charge in [-0.15, -0.1) is 0 Å². The van der Waals surface area contributed by atoms with E-state index in [2.05, 4.69) is 9.97 Å². The van der Waals surface area contributed by atoms with Crippen molar-refractivity contribution >= 4 is 17.0 Å². The molecule has 0 fully saturated rings. The van der Waals surface area contributed by atoms with Gasteiger partial charge in [0.1, 0.15) is 11.3 Å². The molecule has 0 amide bonds. The first kappa shape index (κ1) is 12.6. The highest BCUT2D eigenvalue weighted by molar-refractivity contribution is 5.97. The number of rotatable bonds is 4. The molecule has 5 nitrogen and oxygen atoms in total. The first-order valence-corrected chi connectivity index (χ1v) is 5.91. The molecule has 0 atom stereocenters. The van der Waals surface area contributed by atoms with Crippen LogP contribution in [0.5, 0.6) is 0 Å². The maximum Gasteiger partial charge on any atom is 0.355 e. The Morgan fingerprint density at radius 2 is 2.28 bits per heavy atom. The lowest BCUT2D eigenvalue weighted by Gasteiger charge is -2.10. The topological polar surface area (TPSA) is 58.2 Å². The van der Waals surface area contributed by atoms with E-state index in [4.69, 9.17) is 4.74 Å². The highest BCUT2D eigenvalue weighted by Gasteiger charge is 2.19. The molecule has 2 heterocycles. The Morgan fingerprint density at radius 3 is 2.94 bits per heavy atom. The smallest absolute Gasteiger partial charge is 0.355 e. The summed E-state index contributed by atoms with van der Waals surface area (Å²) < 4.78 is 5.06. The lowest BCUT2D eigenvalue weighted by Crippen LogP contribution is -2.15. The molecule has 0 spiro atoms. The zero-order chi connectivity index (χ0) is 13.1. The molecule has 18 heavy (non-hydrogen) atoms. The van der Waals surface area contributed by atoms with Gasteiger partial charge >= 0.3 is 5.97 Å². The Kier molecular flexibility index (Phi) is 3.62. The van der Waals surface area contributed by atoms with Gasteiger partial charge < -0.3 is 14.6 Å². The van der Waals surface area contributed by atoms with Crippen LogP contribution in [0.1, 0.15) is 23.0 Å². The number of hydrogen-bond donors (Lipinski definition) is 1. The summed E-state index contributed by atoms with van der Waals surface area (Å²) in [5.41, 5.74) is 2.15. The molecule has 0 saturated heterocycles. The lowest BCUT2D eigenvalue weighted by molar-refractivity contribution is 0.0518. The number of ether oxygens (including phenoxy) is 1. The van der Waals surface area contributed by atoms with E-state index in [-0.39, 0.29) is 5.97 Å². The summed E-state index contributed by atoms with van der Waals surface area (Å²) in [4.78, 5) is 21.2. The first-order chi connectivity index (χ1) is 8.63. The highest BCUT2D eigenvalue weighted by atomic mass is 16.5. The number of esters is 1. The molecule has 1 N–H and O–H groups in total. The van der Waals surface area contributed by atoms with Crippen LogP contribution in [0.25, 0.3) is 11.0 Å². The summed E-state index contributed by atoms with van der Waals surface area (Å²) in [6.07, 6.45) is 1.70. The van der Waals surface area contributed by atoms with E-state index in [0.29, 0.717) is 18.8 Å². The van der Waals surface area contributed by atoms with Crippen LogP contribution >= 0.6 is 0 Å². The number of fused-ring (bicyclic) bond motifs is 1. The van der Waals surface area contributed by atoms with Crippen LogP contribution in [0.2, 0.25) is 0 Å². The van der Waals surface area contributed by atoms with Crippen molar-refractivity contribution < 1.29 is 9.53 Å². The summed E-state index contributed by atoms with van der Waals surface area (Å²) in [5.74, 6) is -0.327. The van der Waals surface area contributed by atoms with Gasteiger partial charge in [0, 0.05) is 23.7 Å². The van der Waals surface area contributed by atoms with Crippen molar-refractivity contribution in [2.45, 2.75) is 13.5 Å². The molecular formula is C13H17N3O2. The standard InChI is InChI=1S/C13H17N3O2/c1-4-18-13(17)11-10(8-16(2)3)9-6-5-7-14-12(9)15-11/h5-7H,4,8H2,1-3H3,(H,14,15). The van der Waals surface area contributed by atoms with E-state index in [9.17, 15) is 4.79 Å². The van der Waals surface area contributed by atoms with Crippen LogP contribution in [-0.2, 0) is 11.3 Å². The van der Waals surface area contributed by atoms with Gasteiger partial charge in [-0.05, 0) is 33.2 Å². The Bertz CT molecular complexity index is 560. The number of pyridine rings is 1. The lowest BCUT2D eigenvalue weighted by atomic mass is 10.1. The van der Waals surface area contributed by atoms with E-state index in [1.54, 1.807) is 13.1 Å². The Morgan fingerprint density at radius 1 is 1.50 bits per heavy atom. The molecular weight excluding hydrogens is 230 g/mol. The highest BCUT2D eigenvalue weighted by Crippen LogP contribution is 2.22. The van der Waals surface area contributed by atoms with Crippen molar-refractivity contribution in [3.05, 3.63) is 29.6 Å². The van der Waals surface area contributed by atoms with Crippen LogP contribution < -0.4 is 0 Å². The SMILES string of the molecule is CCOC(=O)c1[nH]c2ncccc2c1CN(C)C. The molecule has 0 aliphatic carbocycles. The van der Waals surface area contributed by atoms with E-state index in [1.165, 1.54) is 0 Å². The number of aromatic nitrogens is 2. The molecule has 0 aliphatic heterocycles. The van der Waals surface area contributed by atoms with Gasteiger partial charge in [-0.1, -0.05) is 0 Å². The summed E-state index contributed by atoms with van der Waals surface area (Å²) in [5, 5.41) is 0.967. The molecule has 0 aromatic carbocycles. The van der Waals surface area contributed by atoms with E-state index >= 15 is 0 Å². The van der Waals surface area contributed by atoms with E-state index in [0.717, 1.165) is 16.6 Å². The molecule has 96 valence electrons. The third kappa shape index (κ3) is 2.36. The average Bonchev–Trinajstić information content (AvgIpc) is 2.68. The number of H-pyrrole nitrogens is 1. The number of aromatic amines is 1. The molecule has 5 heteroatoms. The number of nitrogens with zero attached hydrogens (tertiary/aromatic N) is 2. The predicted molar refractivity (Wildman–Crippen MR) is 69.4 cm³/mol. The number of nitrogens with one attached hydrogen (secondary N) is 1. The van der Waals surface area contributed by atoms with Crippen LogP contribution in [0.4, 0.5) is 0 Å². The normalized spacial score (nSPS) is 11.1. The predicted octanol–water partition coefficient (Wildman–Crippen LogP) is 1.80. The van der Waals surface area contributed by atoms with Crippen molar-refractivity contribution in [2.75, 3.05) is 20.7 Å². The van der Waals surface area contributed by atoms with Gasteiger partial charge in [0.05, 0.1) is 6.61 Å². The Hall–Kier alpha value is -1.88. The van der Waals surface area contributed by atoms with Gasteiger partial charge in [0.2, 0.25) is 0 Å². The number of carbonyl (C=O) groups is 1. The second kappa shape index (κ2) is 5.18. The van der Waals surface area contributed by atoms with Gasteiger partial charge in [0.25, 0.3) is 0 Å². The van der Waals surface area contributed by atoms with E-state index < -0.39 is 0 Å². The van der Waals surface area contributed by atoms with Crippen molar-refractivity contribution in [1.29, 1.82) is 0 Å². The van der Waals surface area contributed by atoms with Gasteiger partial charge in [-0.2, -0.15) is 0 Å². The molecule has 0 saturated carbocycles. The molecule has 2 rings (SSSR count). The fourth-order valence-electron chi connectivity index (χ4n) is 1.93. The van der Waals surface area contributed by atoms with Crippen LogP contribution in [0, 0.1) is 0 Å². The fraction of sp³-hybridized carbons (Fsp3) is 0.385. The maximum atomic E-state index is 11.9. The van der Waals surface area contributed by atoms with Gasteiger partial charge in [-0.25, -0.2) is 9.78 Å². The van der Waals surface area contributed by atoms with Crippen molar-refractivity contribution in [3.8, 4) is 0 Å². The monoisotopic (exact) mass is 247 g/mol. The van der Waals surface area contributed by atoms with Crippen molar-refractivity contribution in [1.82, 2.24) is 14.9 Å². The minimum absolute atomic E-state index is 0.327. The summed E-state index contributed by atoms with van der Waals surface area (Å²) in [7, 11) is 3.92. The maximum absolute atomic E-state index is 11.9. The van der Waals surface area contributed by atoms with Crippen LogP contribution in [0.3, 0.4) is 0 Å². The zero-order valence-electron chi connectivity index (χ0n) is 10.9. The van der Waals surface area contributed by atoms with Crippen LogP contribution in [0.15, 0.2) is 18.3 Å². The first-order valence-electron chi connectivity index (χ1n) is 5.91. The summed E-state index contributed by atoms with van der Waals surface area (Å²) in [6, 6.07) is 3.82. The van der Waals surface area contributed by atoms with Crippen LogP contribution in [-0.4, -0.2) is 41.5 Å². The Labute approximate surface area is 106 Å². The second-order valence-corrected chi connectivity index (χ2v) is 4.34. The minimum atomic E-state index is -0.327. The number of hydrogen-bond acceptors (Lipinski definition) is 4. The Balaban J connectivity index is 2.53. The molecule has 2 aromatic heterocycles. The van der Waals surface area contributed by atoms with Crippen molar-refractivity contribution in [2.24, 2.45) is 0 Å². The average molecular weight is 247 g/mol. The summed E-state index contributed by atoms with van der Waals surface area (Å²) >= 11 is 0. The van der Waals surface area contributed by atoms with Gasteiger partial charge in [0.15, 0.2) is 0 Å². The molecule has 0 aliphatic rings. The zero-order valence-corrected chi connectivity index (χ0v) is 10.9. The third-order valence-electron chi connectivity index (χ3n) is 2.63. The van der Waals surface area contributed by atoms with Gasteiger partial charge in [-0.3, -0.25) is 0 Å².